The molecule has 1 aliphatic rings. The van der Waals surface area contributed by atoms with Crippen molar-refractivity contribution in [1.29, 1.82) is 0 Å². The van der Waals surface area contributed by atoms with E-state index >= 15 is 0 Å². The Morgan fingerprint density at radius 1 is 0.811 bits per heavy atom. The van der Waals surface area contributed by atoms with Crippen LogP contribution in [-0.2, 0) is 6.42 Å². The van der Waals surface area contributed by atoms with Gasteiger partial charge in [0.25, 0.3) is 0 Å². The summed E-state index contributed by atoms with van der Waals surface area (Å²) in [5.74, 6) is 1.19. The summed E-state index contributed by atoms with van der Waals surface area (Å²) in [5, 5.41) is 10.8. The van der Waals surface area contributed by atoms with Gasteiger partial charge in [-0.3, -0.25) is 0 Å². The first kappa shape index (κ1) is 26.9. The molecular formula is C33H44N4. The maximum absolute atomic E-state index is 5.10. The van der Waals surface area contributed by atoms with Gasteiger partial charge in [0.05, 0.1) is 6.04 Å². The van der Waals surface area contributed by atoms with Crippen LogP contribution in [0.2, 0.25) is 0 Å². The maximum Gasteiger partial charge on any atom is 0.191 e. The van der Waals surface area contributed by atoms with Crippen molar-refractivity contribution in [1.82, 2.24) is 16.0 Å². The van der Waals surface area contributed by atoms with Crippen LogP contribution in [0.4, 0.5) is 0 Å². The Balaban J connectivity index is 1.60. The van der Waals surface area contributed by atoms with Crippen molar-refractivity contribution in [3.8, 4) is 11.1 Å². The van der Waals surface area contributed by atoms with E-state index in [0.717, 1.165) is 25.3 Å². The number of aliphatic imine (C=N–C) groups is 1. The number of hydrogen-bond acceptors (Lipinski definition) is 2. The minimum Gasteiger partial charge on any atom is -0.354 e. The predicted molar refractivity (Wildman–Crippen MR) is 158 cm³/mol. The van der Waals surface area contributed by atoms with Crippen LogP contribution < -0.4 is 16.0 Å². The average Bonchev–Trinajstić information content (AvgIpc) is 3.33. The van der Waals surface area contributed by atoms with E-state index in [2.05, 4.69) is 129 Å². The lowest BCUT2D eigenvalue weighted by Crippen LogP contribution is -2.44. The Morgan fingerprint density at radius 3 is 1.95 bits per heavy atom. The number of guanidine groups is 1. The van der Waals surface area contributed by atoms with Gasteiger partial charge in [-0.15, -0.1) is 0 Å². The molecular weight excluding hydrogens is 452 g/mol. The lowest BCUT2D eigenvalue weighted by Gasteiger charge is -2.26. The fourth-order valence-corrected chi connectivity index (χ4v) is 5.30. The highest BCUT2D eigenvalue weighted by atomic mass is 15.2. The zero-order valence-electron chi connectivity index (χ0n) is 23.2. The van der Waals surface area contributed by atoms with Gasteiger partial charge in [0.2, 0.25) is 0 Å². The molecule has 4 heteroatoms. The molecule has 0 spiro atoms. The molecule has 37 heavy (non-hydrogen) atoms. The SMILES string of the molecule is CCCc1ccc(C(c2ccc(-c3ccccc3)cc2)C2CC(N=C(NC(C)C)NC(C)C)CN2)cc1. The van der Waals surface area contributed by atoms with E-state index in [9.17, 15) is 0 Å². The van der Waals surface area contributed by atoms with E-state index in [4.69, 9.17) is 4.99 Å². The van der Waals surface area contributed by atoms with Gasteiger partial charge < -0.3 is 16.0 Å². The zero-order chi connectivity index (χ0) is 26.2. The van der Waals surface area contributed by atoms with Crippen molar-refractivity contribution in [2.75, 3.05) is 6.54 Å². The van der Waals surface area contributed by atoms with Crippen LogP contribution in [0.1, 0.15) is 70.1 Å². The van der Waals surface area contributed by atoms with E-state index in [1.54, 1.807) is 0 Å². The van der Waals surface area contributed by atoms with Gasteiger partial charge in [-0.05, 0) is 68.4 Å². The number of nitrogens with zero attached hydrogens (tertiary/aromatic N) is 1. The van der Waals surface area contributed by atoms with Crippen molar-refractivity contribution in [3.63, 3.8) is 0 Å². The highest BCUT2D eigenvalue weighted by Crippen LogP contribution is 2.34. The van der Waals surface area contributed by atoms with Gasteiger partial charge in [-0.25, -0.2) is 4.99 Å². The molecule has 1 saturated heterocycles. The summed E-state index contributed by atoms with van der Waals surface area (Å²) in [6, 6.07) is 30.3. The average molecular weight is 497 g/mol. The van der Waals surface area contributed by atoms with Gasteiger partial charge in [-0.2, -0.15) is 0 Å². The quantitative estimate of drug-likeness (QED) is 0.233. The lowest BCUT2D eigenvalue weighted by atomic mass is 9.83. The van der Waals surface area contributed by atoms with Gasteiger partial charge >= 0.3 is 0 Å². The van der Waals surface area contributed by atoms with Crippen molar-refractivity contribution < 1.29 is 0 Å². The molecule has 0 saturated carbocycles. The zero-order valence-corrected chi connectivity index (χ0v) is 23.2. The molecule has 3 aromatic carbocycles. The smallest absolute Gasteiger partial charge is 0.191 e. The van der Waals surface area contributed by atoms with Crippen molar-refractivity contribution in [2.45, 2.75) is 84.0 Å². The van der Waals surface area contributed by atoms with Gasteiger partial charge in [0.15, 0.2) is 5.96 Å². The van der Waals surface area contributed by atoms with Gasteiger partial charge in [0.1, 0.15) is 0 Å². The third-order valence-electron chi connectivity index (χ3n) is 6.96. The summed E-state index contributed by atoms with van der Waals surface area (Å²) in [7, 11) is 0. The number of rotatable bonds is 9. The van der Waals surface area contributed by atoms with E-state index in [1.165, 1.54) is 34.2 Å². The fraction of sp³-hybridized carbons (Fsp3) is 0.424. The van der Waals surface area contributed by atoms with E-state index in [0.29, 0.717) is 18.1 Å². The molecule has 3 unspecified atom stereocenters. The first-order chi connectivity index (χ1) is 17.9. The molecule has 1 heterocycles. The molecule has 4 nitrogen and oxygen atoms in total. The molecule has 0 aromatic heterocycles. The minimum absolute atomic E-state index is 0.239. The van der Waals surface area contributed by atoms with Gasteiger partial charge in [0, 0.05) is 30.6 Å². The first-order valence-corrected chi connectivity index (χ1v) is 14.0. The first-order valence-electron chi connectivity index (χ1n) is 14.0. The number of benzene rings is 3. The summed E-state index contributed by atoms with van der Waals surface area (Å²) in [6.07, 6.45) is 3.30. The fourth-order valence-electron chi connectivity index (χ4n) is 5.30. The molecule has 0 aliphatic carbocycles. The molecule has 1 aliphatic heterocycles. The monoisotopic (exact) mass is 496 g/mol. The second-order valence-electron chi connectivity index (χ2n) is 10.9. The number of hydrogen-bond donors (Lipinski definition) is 3. The van der Waals surface area contributed by atoms with Crippen LogP contribution in [0.15, 0.2) is 83.9 Å². The van der Waals surface area contributed by atoms with E-state index in [1.807, 2.05) is 0 Å². The summed E-state index contributed by atoms with van der Waals surface area (Å²) >= 11 is 0. The van der Waals surface area contributed by atoms with E-state index < -0.39 is 0 Å². The second-order valence-corrected chi connectivity index (χ2v) is 10.9. The third-order valence-corrected chi connectivity index (χ3v) is 6.96. The summed E-state index contributed by atoms with van der Waals surface area (Å²) in [4.78, 5) is 5.10. The van der Waals surface area contributed by atoms with Crippen molar-refractivity contribution in [2.24, 2.45) is 4.99 Å². The second kappa shape index (κ2) is 12.9. The molecule has 0 amide bonds. The molecule has 0 bridgehead atoms. The summed E-state index contributed by atoms with van der Waals surface area (Å²) < 4.78 is 0. The van der Waals surface area contributed by atoms with E-state index in [-0.39, 0.29) is 12.0 Å². The number of aryl methyl sites for hydroxylation is 1. The Kier molecular flexibility index (Phi) is 9.40. The van der Waals surface area contributed by atoms with Crippen molar-refractivity contribution in [3.05, 3.63) is 95.6 Å². The largest absolute Gasteiger partial charge is 0.354 e. The highest BCUT2D eigenvalue weighted by molar-refractivity contribution is 5.80. The highest BCUT2D eigenvalue weighted by Gasteiger charge is 2.32. The van der Waals surface area contributed by atoms with Crippen molar-refractivity contribution >= 4 is 5.96 Å². The van der Waals surface area contributed by atoms with Crippen LogP contribution in [0.25, 0.3) is 11.1 Å². The molecule has 3 atom stereocenters. The minimum atomic E-state index is 0.239. The third kappa shape index (κ3) is 7.45. The van der Waals surface area contributed by atoms with Crippen LogP contribution in [0, 0.1) is 0 Å². The molecule has 4 rings (SSSR count). The molecule has 3 N–H and O–H groups in total. The standard InChI is InChI=1S/C33H44N4/c1-6-10-25-13-15-28(16-14-25)32(29-19-17-27(18-20-29)26-11-8-7-9-12-26)31-21-30(22-34-31)37-33(35-23(2)3)36-24(4)5/h7-9,11-20,23-24,30-32,34H,6,10,21-22H2,1-5H3,(H2,35,36,37). The Morgan fingerprint density at radius 2 is 1.38 bits per heavy atom. The Labute approximate surface area is 224 Å². The lowest BCUT2D eigenvalue weighted by molar-refractivity contribution is 0.535. The van der Waals surface area contributed by atoms with Gasteiger partial charge in [-0.1, -0.05) is 92.2 Å². The predicted octanol–water partition coefficient (Wildman–Crippen LogP) is 6.52. The molecule has 1 fully saturated rings. The summed E-state index contributed by atoms with van der Waals surface area (Å²) in [6.45, 7) is 11.8. The Hall–Kier alpha value is -3.11. The molecule has 3 aromatic rings. The number of nitrogens with one attached hydrogen (secondary N) is 3. The normalized spacial score (nSPS) is 18.1. The summed E-state index contributed by atoms with van der Waals surface area (Å²) in [5.41, 5.74) is 6.65. The topological polar surface area (TPSA) is 48.5 Å². The van der Waals surface area contributed by atoms with Crippen LogP contribution in [-0.4, -0.2) is 36.7 Å². The van der Waals surface area contributed by atoms with Crippen LogP contribution in [0.3, 0.4) is 0 Å². The van der Waals surface area contributed by atoms with Crippen LogP contribution in [0.5, 0.6) is 0 Å². The molecule has 0 radical (unpaired) electrons. The Bertz CT molecular complexity index is 1110. The molecule has 196 valence electrons. The van der Waals surface area contributed by atoms with Crippen LogP contribution >= 0.6 is 0 Å². The maximum atomic E-state index is 5.10.